The van der Waals surface area contributed by atoms with Gasteiger partial charge in [-0.3, -0.25) is 14.9 Å². The highest BCUT2D eigenvalue weighted by Crippen LogP contribution is 2.22. The minimum atomic E-state index is -0.549. The molecule has 0 saturated heterocycles. The molecular formula is C16H17N7O4. The Labute approximate surface area is 154 Å². The van der Waals surface area contributed by atoms with E-state index in [1.54, 1.807) is 6.92 Å². The van der Waals surface area contributed by atoms with Crippen molar-refractivity contribution in [2.75, 3.05) is 30.7 Å². The summed E-state index contributed by atoms with van der Waals surface area (Å²) in [5, 5.41) is 25.4. The molecule has 0 radical (unpaired) electrons. The lowest BCUT2D eigenvalue weighted by Crippen LogP contribution is -2.30. The number of nitrogen functional groups attached to an aromatic ring is 1. The van der Waals surface area contributed by atoms with Gasteiger partial charge in [-0.1, -0.05) is 0 Å². The zero-order valence-electron chi connectivity index (χ0n) is 14.4. The smallest absolute Gasteiger partial charge is 0.311 e. The topological polar surface area (TPSA) is 169 Å². The van der Waals surface area contributed by atoms with E-state index in [2.05, 4.69) is 20.6 Å². The van der Waals surface area contributed by atoms with Crippen molar-refractivity contribution in [1.29, 1.82) is 5.26 Å². The number of nitrogens with one attached hydrogen (secondary N) is 2. The molecule has 1 amide bonds. The van der Waals surface area contributed by atoms with Crippen LogP contribution in [0, 0.1) is 21.4 Å². The Bertz CT molecular complexity index is 895. The van der Waals surface area contributed by atoms with Crippen LogP contribution in [-0.2, 0) is 0 Å². The first kappa shape index (κ1) is 19.4. The Balaban J connectivity index is 1.99. The maximum Gasteiger partial charge on any atom is 0.311 e. The summed E-state index contributed by atoms with van der Waals surface area (Å²) in [5.74, 6) is -0.423. The van der Waals surface area contributed by atoms with Crippen molar-refractivity contribution in [3.63, 3.8) is 0 Å². The molecular weight excluding hydrogens is 354 g/mol. The number of anilines is 2. The number of nitrogens with zero attached hydrogens (tertiary/aromatic N) is 4. The van der Waals surface area contributed by atoms with Crippen molar-refractivity contribution in [1.82, 2.24) is 15.3 Å². The molecule has 11 heteroatoms. The van der Waals surface area contributed by atoms with Crippen LogP contribution in [0.1, 0.15) is 23.0 Å². The summed E-state index contributed by atoms with van der Waals surface area (Å²) in [7, 11) is 0. The van der Waals surface area contributed by atoms with Crippen LogP contribution in [0.2, 0.25) is 0 Å². The molecule has 27 heavy (non-hydrogen) atoms. The zero-order valence-corrected chi connectivity index (χ0v) is 14.4. The van der Waals surface area contributed by atoms with Gasteiger partial charge >= 0.3 is 5.69 Å². The van der Waals surface area contributed by atoms with Crippen LogP contribution in [-0.4, -0.2) is 40.5 Å². The lowest BCUT2D eigenvalue weighted by Gasteiger charge is -2.10. The molecule has 0 bridgehead atoms. The summed E-state index contributed by atoms with van der Waals surface area (Å²) < 4.78 is 5.24. The standard InChI is InChI=1S/C16H17N7O4/c1-2-27-16-10(9-17)11(18)8-12(22-16)15(24)21-7-6-20-14-13(23(25)26)4-3-5-19-14/h3-5,8H,2,6-7H2,1H3,(H2,18,22)(H,19,20)(H,21,24). The van der Waals surface area contributed by atoms with Crippen LogP contribution in [0.4, 0.5) is 17.2 Å². The first-order valence-corrected chi connectivity index (χ1v) is 7.92. The maximum absolute atomic E-state index is 12.2. The van der Waals surface area contributed by atoms with E-state index in [0.29, 0.717) is 0 Å². The van der Waals surface area contributed by atoms with Gasteiger partial charge in [0, 0.05) is 25.4 Å². The van der Waals surface area contributed by atoms with E-state index in [4.69, 9.17) is 15.7 Å². The molecule has 0 aliphatic carbocycles. The summed E-state index contributed by atoms with van der Waals surface area (Å²) in [6.07, 6.45) is 1.42. The molecule has 0 aromatic carbocycles. The second-order valence-electron chi connectivity index (χ2n) is 5.13. The fraction of sp³-hybridized carbons (Fsp3) is 0.250. The Kier molecular flexibility index (Phi) is 6.43. The van der Waals surface area contributed by atoms with Crippen LogP contribution < -0.4 is 21.1 Å². The van der Waals surface area contributed by atoms with Crippen molar-refractivity contribution in [2.24, 2.45) is 0 Å². The van der Waals surface area contributed by atoms with Gasteiger partial charge in [-0.25, -0.2) is 9.97 Å². The number of hydrogen-bond acceptors (Lipinski definition) is 9. The number of carbonyl (C=O) groups is 1. The van der Waals surface area contributed by atoms with Gasteiger partial charge in [-0.2, -0.15) is 5.26 Å². The lowest BCUT2D eigenvalue weighted by molar-refractivity contribution is -0.384. The summed E-state index contributed by atoms with van der Waals surface area (Å²) >= 11 is 0. The van der Waals surface area contributed by atoms with E-state index in [1.165, 1.54) is 24.4 Å². The molecule has 11 nitrogen and oxygen atoms in total. The molecule has 0 unspecified atom stereocenters. The third kappa shape index (κ3) is 4.79. The number of rotatable bonds is 8. The summed E-state index contributed by atoms with van der Waals surface area (Å²) in [6, 6.07) is 5.95. The zero-order chi connectivity index (χ0) is 19.8. The van der Waals surface area contributed by atoms with E-state index in [-0.39, 0.29) is 54.0 Å². The lowest BCUT2D eigenvalue weighted by atomic mass is 10.2. The monoisotopic (exact) mass is 371 g/mol. The van der Waals surface area contributed by atoms with Crippen LogP contribution >= 0.6 is 0 Å². The molecule has 0 saturated carbocycles. The largest absolute Gasteiger partial charge is 0.477 e. The summed E-state index contributed by atoms with van der Waals surface area (Å²) in [6.45, 7) is 2.33. The fourth-order valence-corrected chi connectivity index (χ4v) is 2.14. The number of pyridine rings is 2. The molecule has 2 aromatic rings. The Morgan fingerprint density at radius 2 is 2.26 bits per heavy atom. The molecule has 0 aliphatic rings. The van der Waals surface area contributed by atoms with E-state index in [0.717, 1.165) is 0 Å². The van der Waals surface area contributed by atoms with Crippen molar-refractivity contribution in [3.8, 4) is 11.9 Å². The number of nitrogens with two attached hydrogens (primary N) is 1. The average molecular weight is 371 g/mol. The van der Waals surface area contributed by atoms with Crippen molar-refractivity contribution >= 4 is 23.1 Å². The van der Waals surface area contributed by atoms with Gasteiger partial charge in [0.15, 0.2) is 0 Å². The average Bonchev–Trinajstić information content (AvgIpc) is 2.65. The second kappa shape index (κ2) is 8.95. The Hall–Kier alpha value is -3.94. The molecule has 2 heterocycles. The first-order chi connectivity index (χ1) is 13.0. The number of nitriles is 1. The molecule has 0 atom stereocenters. The molecule has 2 aromatic heterocycles. The van der Waals surface area contributed by atoms with Crippen molar-refractivity contribution in [3.05, 3.63) is 45.8 Å². The van der Waals surface area contributed by atoms with Crippen LogP contribution in [0.15, 0.2) is 24.4 Å². The Morgan fingerprint density at radius 3 is 2.93 bits per heavy atom. The van der Waals surface area contributed by atoms with Gasteiger partial charge in [-0.05, 0) is 19.1 Å². The minimum absolute atomic E-state index is 0.00114. The number of aromatic nitrogens is 2. The van der Waals surface area contributed by atoms with E-state index in [9.17, 15) is 14.9 Å². The first-order valence-electron chi connectivity index (χ1n) is 7.92. The van der Waals surface area contributed by atoms with Gasteiger partial charge in [0.2, 0.25) is 11.7 Å². The minimum Gasteiger partial charge on any atom is -0.477 e. The summed E-state index contributed by atoms with van der Waals surface area (Å²) in [4.78, 5) is 30.5. The highest BCUT2D eigenvalue weighted by molar-refractivity contribution is 5.93. The molecule has 140 valence electrons. The molecule has 0 aliphatic heterocycles. The fourth-order valence-electron chi connectivity index (χ4n) is 2.14. The quantitative estimate of drug-likeness (QED) is 0.349. The highest BCUT2D eigenvalue weighted by Gasteiger charge is 2.17. The van der Waals surface area contributed by atoms with E-state index < -0.39 is 10.8 Å². The predicted octanol–water partition coefficient (Wildman–Crippen LogP) is 1.08. The van der Waals surface area contributed by atoms with Crippen molar-refractivity contribution < 1.29 is 14.5 Å². The molecule has 4 N–H and O–H groups in total. The SMILES string of the molecule is CCOc1nc(C(=O)NCCNc2ncccc2[N+](=O)[O-])cc(N)c1C#N. The van der Waals surface area contributed by atoms with Gasteiger partial charge in [0.25, 0.3) is 5.91 Å². The highest BCUT2D eigenvalue weighted by atomic mass is 16.6. The number of hydrogen-bond donors (Lipinski definition) is 3. The molecule has 0 spiro atoms. The maximum atomic E-state index is 12.2. The van der Waals surface area contributed by atoms with Crippen molar-refractivity contribution in [2.45, 2.75) is 6.92 Å². The van der Waals surface area contributed by atoms with Crippen LogP contribution in [0.3, 0.4) is 0 Å². The van der Waals surface area contributed by atoms with Crippen LogP contribution in [0.5, 0.6) is 5.88 Å². The van der Waals surface area contributed by atoms with Gasteiger partial charge in [0.05, 0.1) is 17.2 Å². The predicted molar refractivity (Wildman–Crippen MR) is 96.2 cm³/mol. The number of carbonyl (C=O) groups excluding carboxylic acids is 1. The number of amides is 1. The molecule has 2 rings (SSSR count). The molecule has 0 fully saturated rings. The second-order valence-corrected chi connectivity index (χ2v) is 5.13. The third-order valence-electron chi connectivity index (χ3n) is 3.33. The third-order valence-corrected chi connectivity index (χ3v) is 3.33. The number of nitro groups is 1. The van der Waals surface area contributed by atoms with Gasteiger partial charge < -0.3 is 21.1 Å². The van der Waals surface area contributed by atoms with E-state index >= 15 is 0 Å². The van der Waals surface area contributed by atoms with Gasteiger partial charge in [-0.15, -0.1) is 0 Å². The summed E-state index contributed by atoms with van der Waals surface area (Å²) in [5.41, 5.74) is 5.76. The normalized spacial score (nSPS) is 9.93. The van der Waals surface area contributed by atoms with Crippen LogP contribution in [0.25, 0.3) is 0 Å². The number of ether oxygens (including phenoxy) is 1. The van der Waals surface area contributed by atoms with Gasteiger partial charge in [0.1, 0.15) is 17.3 Å². The Morgan fingerprint density at radius 1 is 1.48 bits per heavy atom. The van der Waals surface area contributed by atoms with E-state index in [1.807, 2.05) is 6.07 Å².